The van der Waals surface area contributed by atoms with Gasteiger partial charge in [-0.3, -0.25) is 9.97 Å². The standard InChI is InChI=1S/C14H16N2O/c1-3-11-4-6-12(7-5-11)14(17)13-9-15-10(2)8-16-13/h4-9,14,17H,3H2,1-2H3. The Morgan fingerprint density at radius 2 is 1.82 bits per heavy atom. The van der Waals surface area contributed by atoms with Crippen LogP contribution in [-0.4, -0.2) is 15.1 Å². The largest absolute Gasteiger partial charge is 0.382 e. The summed E-state index contributed by atoms with van der Waals surface area (Å²) in [7, 11) is 0. The monoisotopic (exact) mass is 228 g/mol. The van der Waals surface area contributed by atoms with Crippen molar-refractivity contribution in [2.24, 2.45) is 0 Å². The first kappa shape index (κ1) is 11.7. The molecule has 88 valence electrons. The zero-order valence-corrected chi connectivity index (χ0v) is 10.1. The fraction of sp³-hybridized carbons (Fsp3) is 0.286. The highest BCUT2D eigenvalue weighted by Crippen LogP contribution is 2.20. The zero-order chi connectivity index (χ0) is 12.3. The van der Waals surface area contributed by atoms with Crippen LogP contribution >= 0.6 is 0 Å². The first-order chi connectivity index (χ1) is 8.20. The van der Waals surface area contributed by atoms with Crippen molar-refractivity contribution in [3.05, 3.63) is 59.2 Å². The summed E-state index contributed by atoms with van der Waals surface area (Å²) in [5, 5.41) is 10.1. The summed E-state index contributed by atoms with van der Waals surface area (Å²) in [6.07, 6.45) is 3.59. The molecule has 0 spiro atoms. The molecule has 0 aliphatic rings. The molecule has 1 aromatic carbocycles. The second kappa shape index (κ2) is 5.06. The minimum atomic E-state index is -0.700. The molecular formula is C14H16N2O. The highest BCUT2D eigenvalue weighted by atomic mass is 16.3. The van der Waals surface area contributed by atoms with E-state index in [9.17, 15) is 5.11 Å². The van der Waals surface area contributed by atoms with Gasteiger partial charge < -0.3 is 5.11 Å². The molecule has 0 saturated carbocycles. The smallest absolute Gasteiger partial charge is 0.123 e. The molecule has 1 heterocycles. The fourth-order valence-electron chi connectivity index (χ4n) is 1.65. The number of aliphatic hydroxyl groups excluding tert-OH is 1. The number of benzene rings is 1. The van der Waals surface area contributed by atoms with Crippen LogP contribution in [0.5, 0.6) is 0 Å². The molecule has 1 unspecified atom stereocenters. The summed E-state index contributed by atoms with van der Waals surface area (Å²) < 4.78 is 0. The predicted octanol–water partition coefficient (Wildman–Crippen LogP) is 2.43. The number of aryl methyl sites for hydroxylation is 2. The summed E-state index contributed by atoms with van der Waals surface area (Å²) in [6, 6.07) is 7.93. The SMILES string of the molecule is CCc1ccc(C(O)c2cnc(C)cn2)cc1. The minimum Gasteiger partial charge on any atom is -0.382 e. The van der Waals surface area contributed by atoms with Gasteiger partial charge in [0.25, 0.3) is 0 Å². The van der Waals surface area contributed by atoms with Crippen LogP contribution in [-0.2, 0) is 6.42 Å². The molecule has 3 nitrogen and oxygen atoms in total. The normalized spacial score (nSPS) is 12.4. The molecule has 0 fully saturated rings. The lowest BCUT2D eigenvalue weighted by Gasteiger charge is -2.10. The Balaban J connectivity index is 2.23. The maximum atomic E-state index is 10.1. The summed E-state index contributed by atoms with van der Waals surface area (Å²) >= 11 is 0. The highest BCUT2D eigenvalue weighted by Gasteiger charge is 2.11. The van der Waals surface area contributed by atoms with E-state index in [-0.39, 0.29) is 0 Å². The molecular weight excluding hydrogens is 212 g/mol. The van der Waals surface area contributed by atoms with E-state index in [4.69, 9.17) is 0 Å². The zero-order valence-electron chi connectivity index (χ0n) is 10.1. The number of hydrogen-bond acceptors (Lipinski definition) is 3. The van der Waals surface area contributed by atoms with Crippen LogP contribution in [0.1, 0.15) is 35.5 Å². The third-order valence-electron chi connectivity index (χ3n) is 2.78. The lowest BCUT2D eigenvalue weighted by molar-refractivity contribution is 0.214. The van der Waals surface area contributed by atoms with Crippen LogP contribution in [0.25, 0.3) is 0 Å². The average molecular weight is 228 g/mol. The average Bonchev–Trinajstić information content (AvgIpc) is 2.39. The Kier molecular flexibility index (Phi) is 3.49. The van der Waals surface area contributed by atoms with Crippen molar-refractivity contribution < 1.29 is 5.11 Å². The van der Waals surface area contributed by atoms with E-state index in [1.54, 1.807) is 12.4 Å². The lowest BCUT2D eigenvalue weighted by atomic mass is 10.0. The third kappa shape index (κ3) is 2.68. The van der Waals surface area contributed by atoms with Crippen LogP contribution in [0.4, 0.5) is 0 Å². The molecule has 0 saturated heterocycles. The van der Waals surface area contributed by atoms with Crippen LogP contribution in [0, 0.1) is 6.92 Å². The van der Waals surface area contributed by atoms with Gasteiger partial charge in [-0.15, -0.1) is 0 Å². The van der Waals surface area contributed by atoms with Crippen molar-refractivity contribution in [2.75, 3.05) is 0 Å². The van der Waals surface area contributed by atoms with Gasteiger partial charge in [0.15, 0.2) is 0 Å². The number of aromatic nitrogens is 2. The first-order valence-electron chi connectivity index (χ1n) is 5.76. The molecule has 2 aromatic rings. The predicted molar refractivity (Wildman–Crippen MR) is 66.7 cm³/mol. The Bertz CT molecular complexity index is 477. The van der Waals surface area contributed by atoms with Gasteiger partial charge in [0.1, 0.15) is 6.10 Å². The highest BCUT2D eigenvalue weighted by molar-refractivity contribution is 5.28. The molecule has 1 aromatic heterocycles. The van der Waals surface area contributed by atoms with Gasteiger partial charge in [-0.2, -0.15) is 0 Å². The van der Waals surface area contributed by atoms with Crippen LogP contribution in [0.15, 0.2) is 36.7 Å². The van der Waals surface area contributed by atoms with Gasteiger partial charge in [-0.1, -0.05) is 31.2 Å². The molecule has 0 aliphatic carbocycles. The molecule has 0 bridgehead atoms. The Morgan fingerprint density at radius 1 is 1.12 bits per heavy atom. The summed E-state index contributed by atoms with van der Waals surface area (Å²) in [5.74, 6) is 0. The Morgan fingerprint density at radius 3 is 2.35 bits per heavy atom. The van der Waals surface area contributed by atoms with Crippen molar-refractivity contribution >= 4 is 0 Å². The molecule has 1 atom stereocenters. The van der Waals surface area contributed by atoms with Gasteiger partial charge in [0.2, 0.25) is 0 Å². The molecule has 0 radical (unpaired) electrons. The van der Waals surface area contributed by atoms with E-state index in [1.807, 2.05) is 31.2 Å². The maximum Gasteiger partial charge on any atom is 0.123 e. The Hall–Kier alpha value is -1.74. The van der Waals surface area contributed by atoms with Crippen molar-refractivity contribution in [3.8, 4) is 0 Å². The number of aliphatic hydroxyl groups is 1. The maximum absolute atomic E-state index is 10.1. The lowest BCUT2D eigenvalue weighted by Crippen LogP contribution is -2.03. The number of rotatable bonds is 3. The molecule has 17 heavy (non-hydrogen) atoms. The molecule has 2 rings (SSSR count). The van der Waals surface area contributed by atoms with Gasteiger partial charge in [0.05, 0.1) is 17.6 Å². The van der Waals surface area contributed by atoms with E-state index in [2.05, 4.69) is 16.9 Å². The van der Waals surface area contributed by atoms with E-state index >= 15 is 0 Å². The van der Waals surface area contributed by atoms with E-state index in [0.717, 1.165) is 17.7 Å². The van der Waals surface area contributed by atoms with Gasteiger partial charge in [-0.05, 0) is 24.5 Å². The molecule has 1 N–H and O–H groups in total. The van der Waals surface area contributed by atoms with Gasteiger partial charge in [-0.25, -0.2) is 0 Å². The van der Waals surface area contributed by atoms with Crippen molar-refractivity contribution in [1.82, 2.24) is 9.97 Å². The second-order valence-electron chi connectivity index (χ2n) is 4.08. The molecule has 0 aliphatic heterocycles. The minimum absolute atomic E-state index is 0.583. The third-order valence-corrected chi connectivity index (χ3v) is 2.78. The van der Waals surface area contributed by atoms with Gasteiger partial charge in [0, 0.05) is 6.20 Å². The van der Waals surface area contributed by atoms with Crippen molar-refractivity contribution in [3.63, 3.8) is 0 Å². The summed E-state index contributed by atoms with van der Waals surface area (Å²) in [6.45, 7) is 3.98. The number of nitrogens with zero attached hydrogens (tertiary/aromatic N) is 2. The van der Waals surface area contributed by atoms with Crippen LogP contribution < -0.4 is 0 Å². The van der Waals surface area contributed by atoms with Crippen molar-refractivity contribution in [1.29, 1.82) is 0 Å². The van der Waals surface area contributed by atoms with Crippen molar-refractivity contribution in [2.45, 2.75) is 26.4 Å². The topological polar surface area (TPSA) is 46.0 Å². The van der Waals surface area contributed by atoms with E-state index in [0.29, 0.717) is 5.69 Å². The second-order valence-corrected chi connectivity index (χ2v) is 4.08. The summed E-state index contributed by atoms with van der Waals surface area (Å²) in [5.41, 5.74) is 3.54. The molecule has 0 amide bonds. The van der Waals surface area contributed by atoms with Crippen LogP contribution in [0.2, 0.25) is 0 Å². The quantitative estimate of drug-likeness (QED) is 0.877. The molecule has 3 heteroatoms. The first-order valence-corrected chi connectivity index (χ1v) is 5.76. The number of hydrogen-bond donors (Lipinski definition) is 1. The van der Waals surface area contributed by atoms with E-state index in [1.165, 1.54) is 5.56 Å². The van der Waals surface area contributed by atoms with E-state index < -0.39 is 6.10 Å². The fourth-order valence-corrected chi connectivity index (χ4v) is 1.65. The Labute approximate surface area is 101 Å². The van der Waals surface area contributed by atoms with Crippen LogP contribution in [0.3, 0.4) is 0 Å². The summed E-state index contributed by atoms with van der Waals surface area (Å²) in [4.78, 5) is 8.32. The van der Waals surface area contributed by atoms with Gasteiger partial charge >= 0.3 is 0 Å².